The van der Waals surface area contributed by atoms with Crippen LogP contribution in [0.1, 0.15) is 22.0 Å². The number of aromatic nitrogens is 2. The molecule has 2 aromatic carbocycles. The highest BCUT2D eigenvalue weighted by Crippen LogP contribution is 2.34. The lowest BCUT2D eigenvalue weighted by Crippen LogP contribution is -2.55. The van der Waals surface area contributed by atoms with Crippen LogP contribution in [0.5, 0.6) is 0 Å². The Morgan fingerprint density at radius 3 is 2.67 bits per heavy atom. The van der Waals surface area contributed by atoms with Crippen molar-refractivity contribution in [2.45, 2.75) is 12.1 Å². The van der Waals surface area contributed by atoms with Gasteiger partial charge in [-0.2, -0.15) is 0 Å². The van der Waals surface area contributed by atoms with Crippen LogP contribution in [0.15, 0.2) is 73.1 Å². The molecule has 3 atom stereocenters. The van der Waals surface area contributed by atoms with Crippen molar-refractivity contribution >= 4 is 16.9 Å². The van der Waals surface area contributed by atoms with Gasteiger partial charge >= 0.3 is 0 Å². The highest BCUT2D eigenvalue weighted by molar-refractivity contribution is 5.96. The zero-order chi connectivity index (χ0) is 18.2. The van der Waals surface area contributed by atoms with Gasteiger partial charge in [0.25, 0.3) is 5.91 Å². The molecular weight excluding hydrogens is 340 g/mol. The Bertz CT molecular complexity index is 1020. The van der Waals surface area contributed by atoms with E-state index in [1.807, 2.05) is 30.3 Å². The predicted molar refractivity (Wildman–Crippen MR) is 100 cm³/mol. The summed E-state index contributed by atoms with van der Waals surface area (Å²) in [6.45, 7) is 1.20. The SMILES string of the molecule is O=C(c1ccc2nccnc2c1)N1CN2CC=CC(O1)C2c1ccccc1. The number of hydrogen-bond donors (Lipinski definition) is 0. The maximum atomic E-state index is 13.0. The standard InChI is InChI=1S/C21H18N4O2/c26-21(16-8-9-17-18(13-16)23-11-10-22-17)25-14-24-12-4-7-19(27-25)20(24)15-5-2-1-3-6-15/h1-11,13,19-20H,12,14H2. The monoisotopic (exact) mass is 358 g/mol. The van der Waals surface area contributed by atoms with Gasteiger partial charge in [-0.1, -0.05) is 42.5 Å². The van der Waals surface area contributed by atoms with Crippen molar-refractivity contribution in [2.75, 3.05) is 13.2 Å². The van der Waals surface area contributed by atoms with Crippen molar-refractivity contribution in [3.8, 4) is 0 Å². The van der Waals surface area contributed by atoms with Gasteiger partial charge < -0.3 is 0 Å². The molecule has 134 valence electrons. The number of benzene rings is 2. The number of rotatable bonds is 2. The number of amides is 1. The minimum atomic E-state index is -0.195. The molecule has 1 fully saturated rings. The van der Waals surface area contributed by atoms with E-state index in [2.05, 4.69) is 33.1 Å². The molecule has 0 aliphatic carbocycles. The van der Waals surface area contributed by atoms with Crippen LogP contribution >= 0.6 is 0 Å². The average Bonchev–Trinajstić information content (AvgIpc) is 2.72. The van der Waals surface area contributed by atoms with E-state index in [0.717, 1.165) is 12.1 Å². The number of hydroxylamine groups is 2. The molecule has 3 heterocycles. The molecule has 6 nitrogen and oxygen atoms in total. The predicted octanol–water partition coefficient (Wildman–Crippen LogP) is 2.96. The van der Waals surface area contributed by atoms with Crippen LogP contribution in [0, 0.1) is 0 Å². The van der Waals surface area contributed by atoms with E-state index in [1.165, 1.54) is 10.6 Å². The summed E-state index contributed by atoms with van der Waals surface area (Å²) in [5.74, 6) is -0.167. The second-order valence-corrected chi connectivity index (χ2v) is 6.71. The van der Waals surface area contributed by atoms with Gasteiger partial charge in [0.05, 0.1) is 17.1 Å². The van der Waals surface area contributed by atoms with Crippen LogP contribution in [0.4, 0.5) is 0 Å². The molecule has 2 aliphatic rings. The van der Waals surface area contributed by atoms with Gasteiger partial charge in [0, 0.05) is 24.5 Å². The third-order valence-electron chi connectivity index (χ3n) is 5.01. The second kappa shape index (κ2) is 6.57. The maximum Gasteiger partial charge on any atom is 0.278 e. The molecule has 3 aromatic rings. The zero-order valence-electron chi connectivity index (χ0n) is 14.6. The lowest BCUT2D eigenvalue weighted by atomic mass is 9.96. The molecule has 0 N–H and O–H groups in total. The second-order valence-electron chi connectivity index (χ2n) is 6.71. The van der Waals surface area contributed by atoms with Gasteiger partial charge in [0.1, 0.15) is 12.8 Å². The topological polar surface area (TPSA) is 58.6 Å². The summed E-state index contributed by atoms with van der Waals surface area (Å²) in [4.78, 5) is 29.9. The Morgan fingerprint density at radius 1 is 1.04 bits per heavy atom. The minimum Gasteiger partial charge on any atom is -0.270 e. The summed E-state index contributed by atoms with van der Waals surface area (Å²) >= 11 is 0. The summed E-state index contributed by atoms with van der Waals surface area (Å²) in [6.07, 6.45) is 7.21. The van der Waals surface area contributed by atoms with Crippen molar-refractivity contribution in [3.63, 3.8) is 0 Å². The van der Waals surface area contributed by atoms with Crippen molar-refractivity contribution in [3.05, 3.63) is 84.2 Å². The zero-order valence-corrected chi connectivity index (χ0v) is 14.6. The molecule has 1 aromatic heterocycles. The first-order chi connectivity index (χ1) is 13.3. The van der Waals surface area contributed by atoms with Gasteiger partial charge in [-0.15, -0.1) is 0 Å². The summed E-state index contributed by atoms with van der Waals surface area (Å²) in [6, 6.07) is 15.7. The molecule has 27 heavy (non-hydrogen) atoms. The molecule has 5 rings (SSSR count). The summed E-state index contributed by atoms with van der Waals surface area (Å²) in [7, 11) is 0. The van der Waals surface area contributed by atoms with Crippen molar-refractivity contribution < 1.29 is 9.63 Å². The van der Waals surface area contributed by atoms with Crippen molar-refractivity contribution in [2.24, 2.45) is 0 Å². The van der Waals surface area contributed by atoms with E-state index in [9.17, 15) is 4.79 Å². The molecule has 2 bridgehead atoms. The van der Waals surface area contributed by atoms with Gasteiger partial charge in [-0.25, -0.2) is 5.06 Å². The van der Waals surface area contributed by atoms with Crippen molar-refractivity contribution in [1.29, 1.82) is 0 Å². The third kappa shape index (κ3) is 2.89. The van der Waals surface area contributed by atoms with E-state index in [4.69, 9.17) is 4.84 Å². The third-order valence-corrected chi connectivity index (χ3v) is 5.01. The van der Waals surface area contributed by atoms with E-state index in [-0.39, 0.29) is 18.1 Å². The Morgan fingerprint density at radius 2 is 1.85 bits per heavy atom. The van der Waals surface area contributed by atoms with E-state index in [0.29, 0.717) is 17.7 Å². The molecule has 3 unspecified atom stereocenters. The number of carbonyl (C=O) groups excluding carboxylic acids is 1. The molecule has 0 spiro atoms. The largest absolute Gasteiger partial charge is 0.278 e. The van der Waals surface area contributed by atoms with Crippen LogP contribution < -0.4 is 0 Å². The van der Waals surface area contributed by atoms with Crippen LogP contribution in [0.25, 0.3) is 11.0 Å². The normalized spacial score (nSPS) is 24.1. The number of nitrogens with zero attached hydrogens (tertiary/aromatic N) is 4. The van der Waals surface area contributed by atoms with Gasteiger partial charge in [-0.3, -0.25) is 24.5 Å². The summed E-state index contributed by atoms with van der Waals surface area (Å²) in [5, 5.41) is 1.45. The molecule has 1 saturated heterocycles. The van der Waals surface area contributed by atoms with Crippen LogP contribution in [0.2, 0.25) is 0 Å². The molecule has 2 aliphatic heterocycles. The lowest BCUT2D eigenvalue weighted by molar-refractivity contribution is -0.232. The fraction of sp³-hybridized carbons (Fsp3) is 0.190. The van der Waals surface area contributed by atoms with Crippen LogP contribution in [-0.4, -0.2) is 45.2 Å². The van der Waals surface area contributed by atoms with Gasteiger partial charge in [0.2, 0.25) is 0 Å². The highest BCUT2D eigenvalue weighted by atomic mass is 16.7. The smallest absolute Gasteiger partial charge is 0.270 e. The molecule has 0 saturated carbocycles. The molecule has 0 radical (unpaired) electrons. The minimum absolute atomic E-state index is 0.114. The Labute approximate surface area is 156 Å². The fourth-order valence-electron chi connectivity index (χ4n) is 3.74. The van der Waals surface area contributed by atoms with E-state index >= 15 is 0 Å². The van der Waals surface area contributed by atoms with Crippen LogP contribution in [-0.2, 0) is 4.84 Å². The number of fused-ring (bicyclic) bond motifs is 3. The van der Waals surface area contributed by atoms with Crippen LogP contribution in [0.3, 0.4) is 0 Å². The van der Waals surface area contributed by atoms with Crippen molar-refractivity contribution in [1.82, 2.24) is 19.9 Å². The fourth-order valence-corrected chi connectivity index (χ4v) is 3.74. The number of hydrogen-bond acceptors (Lipinski definition) is 5. The van der Waals surface area contributed by atoms with Gasteiger partial charge in [-0.05, 0) is 23.8 Å². The first kappa shape index (κ1) is 16.1. The van der Waals surface area contributed by atoms with E-state index in [1.54, 1.807) is 24.5 Å². The number of carbonyl (C=O) groups is 1. The first-order valence-electron chi connectivity index (χ1n) is 8.95. The summed E-state index contributed by atoms with van der Waals surface area (Å²) in [5.41, 5.74) is 3.20. The molecular formula is C21H18N4O2. The summed E-state index contributed by atoms with van der Waals surface area (Å²) < 4.78 is 0. The van der Waals surface area contributed by atoms with E-state index < -0.39 is 0 Å². The molecule has 1 amide bonds. The Balaban J connectivity index is 1.42. The lowest BCUT2D eigenvalue weighted by Gasteiger charge is -2.46. The highest BCUT2D eigenvalue weighted by Gasteiger charge is 2.39. The quantitative estimate of drug-likeness (QED) is 0.659. The first-order valence-corrected chi connectivity index (χ1v) is 8.95. The molecule has 6 heteroatoms. The average molecular weight is 358 g/mol. The Hall–Kier alpha value is -3.09. The van der Waals surface area contributed by atoms with Gasteiger partial charge in [0.15, 0.2) is 0 Å². The Kier molecular flexibility index (Phi) is 3.92. The maximum absolute atomic E-state index is 13.0.